The van der Waals surface area contributed by atoms with Gasteiger partial charge in [-0.3, -0.25) is 9.59 Å². The van der Waals surface area contributed by atoms with Crippen molar-refractivity contribution in [2.75, 3.05) is 19.6 Å². The number of alkyl halides is 3. The highest BCUT2D eigenvalue weighted by molar-refractivity contribution is 5.99. The van der Waals surface area contributed by atoms with E-state index in [1.807, 2.05) is 0 Å². The van der Waals surface area contributed by atoms with E-state index in [0.29, 0.717) is 25.9 Å². The summed E-state index contributed by atoms with van der Waals surface area (Å²) in [4.78, 5) is 38.0. The standard InChI is InChI=1S/C20H25F3N2O4/c1-19(2,3)29-18(28)25-9-7-13(8-10-25)17(27)24-12-16(26)14-5-4-6-15(11-14)20(21,22)23/h4-6,11,13H,7-10,12H2,1-3H3,(H,24,27). The zero-order chi connectivity index (χ0) is 21.8. The van der Waals surface area contributed by atoms with Gasteiger partial charge in [0.1, 0.15) is 5.60 Å². The average molecular weight is 414 g/mol. The van der Waals surface area contributed by atoms with Gasteiger partial charge >= 0.3 is 12.3 Å². The molecule has 1 fully saturated rings. The number of halogens is 3. The van der Waals surface area contributed by atoms with E-state index in [-0.39, 0.29) is 23.9 Å². The van der Waals surface area contributed by atoms with Crippen LogP contribution >= 0.6 is 0 Å². The van der Waals surface area contributed by atoms with Crippen molar-refractivity contribution in [3.63, 3.8) is 0 Å². The van der Waals surface area contributed by atoms with Crippen molar-refractivity contribution < 1.29 is 32.3 Å². The third-order valence-corrected chi connectivity index (χ3v) is 4.45. The molecular formula is C20H25F3N2O4. The van der Waals surface area contributed by atoms with Crippen LogP contribution in [0.2, 0.25) is 0 Å². The van der Waals surface area contributed by atoms with Gasteiger partial charge in [-0.15, -0.1) is 0 Å². The number of Topliss-reactive ketones (excluding diaryl/α,β-unsaturated/α-hetero) is 1. The Morgan fingerprint density at radius 2 is 1.76 bits per heavy atom. The molecule has 6 nitrogen and oxygen atoms in total. The number of nitrogens with zero attached hydrogens (tertiary/aromatic N) is 1. The third-order valence-electron chi connectivity index (χ3n) is 4.45. The second-order valence-electron chi connectivity index (χ2n) is 7.96. The molecule has 1 N–H and O–H groups in total. The first kappa shape index (κ1) is 22.7. The lowest BCUT2D eigenvalue weighted by Crippen LogP contribution is -2.45. The molecule has 1 aliphatic heterocycles. The maximum absolute atomic E-state index is 12.7. The first-order chi connectivity index (χ1) is 13.4. The molecule has 2 rings (SSSR count). The van der Waals surface area contributed by atoms with E-state index in [2.05, 4.69) is 5.32 Å². The zero-order valence-electron chi connectivity index (χ0n) is 16.6. The molecule has 1 saturated heterocycles. The highest BCUT2D eigenvalue weighted by atomic mass is 19.4. The summed E-state index contributed by atoms with van der Waals surface area (Å²) in [6.07, 6.45) is -4.14. The van der Waals surface area contributed by atoms with Gasteiger partial charge in [0.15, 0.2) is 5.78 Å². The predicted octanol–water partition coefficient (Wildman–Crippen LogP) is 3.65. The van der Waals surface area contributed by atoms with Gasteiger partial charge in [-0.05, 0) is 45.7 Å². The van der Waals surface area contributed by atoms with Crippen LogP contribution in [0.4, 0.5) is 18.0 Å². The summed E-state index contributed by atoms with van der Waals surface area (Å²) in [5.74, 6) is -1.33. The van der Waals surface area contributed by atoms with Crippen LogP contribution in [0.15, 0.2) is 24.3 Å². The van der Waals surface area contributed by atoms with E-state index >= 15 is 0 Å². The maximum Gasteiger partial charge on any atom is 0.416 e. The molecule has 0 saturated carbocycles. The molecule has 1 aromatic rings. The summed E-state index contributed by atoms with van der Waals surface area (Å²) < 4.78 is 43.5. The molecule has 0 bridgehead atoms. The number of benzene rings is 1. The van der Waals surface area contributed by atoms with Crippen molar-refractivity contribution in [2.24, 2.45) is 5.92 Å². The molecule has 1 heterocycles. The first-order valence-corrected chi connectivity index (χ1v) is 9.33. The highest BCUT2D eigenvalue weighted by Crippen LogP contribution is 2.29. The van der Waals surface area contributed by atoms with Crippen LogP contribution in [0.25, 0.3) is 0 Å². The molecule has 0 atom stereocenters. The summed E-state index contributed by atoms with van der Waals surface area (Å²) in [5, 5.41) is 2.49. The number of hydrogen-bond acceptors (Lipinski definition) is 4. The Morgan fingerprint density at radius 1 is 1.14 bits per heavy atom. The second kappa shape index (κ2) is 8.84. The molecule has 29 heavy (non-hydrogen) atoms. The van der Waals surface area contributed by atoms with E-state index in [0.717, 1.165) is 18.2 Å². The molecule has 9 heteroatoms. The summed E-state index contributed by atoms with van der Waals surface area (Å²) in [7, 11) is 0. The zero-order valence-corrected chi connectivity index (χ0v) is 16.6. The van der Waals surface area contributed by atoms with Crippen molar-refractivity contribution in [3.8, 4) is 0 Å². The van der Waals surface area contributed by atoms with E-state index in [9.17, 15) is 27.6 Å². The fourth-order valence-corrected chi connectivity index (χ4v) is 2.93. The summed E-state index contributed by atoms with van der Waals surface area (Å²) in [5.41, 5.74) is -1.63. The van der Waals surface area contributed by atoms with Crippen LogP contribution < -0.4 is 5.32 Å². The van der Waals surface area contributed by atoms with Crippen LogP contribution in [0.5, 0.6) is 0 Å². The third kappa shape index (κ3) is 6.76. The molecule has 2 amide bonds. The van der Waals surface area contributed by atoms with Gasteiger partial charge in [0.25, 0.3) is 0 Å². The average Bonchev–Trinajstić information content (AvgIpc) is 2.64. The number of ether oxygens (including phenoxy) is 1. The number of likely N-dealkylation sites (tertiary alicyclic amines) is 1. The first-order valence-electron chi connectivity index (χ1n) is 9.33. The minimum absolute atomic E-state index is 0.111. The molecule has 0 spiro atoms. The second-order valence-corrected chi connectivity index (χ2v) is 7.96. The van der Waals surface area contributed by atoms with Gasteiger partial charge in [0.05, 0.1) is 12.1 Å². The van der Waals surface area contributed by atoms with Crippen LogP contribution in [-0.2, 0) is 15.7 Å². The molecular weight excluding hydrogens is 389 g/mol. The normalized spacial score (nSPS) is 15.7. The van der Waals surface area contributed by atoms with Gasteiger partial charge in [-0.1, -0.05) is 12.1 Å². The van der Waals surface area contributed by atoms with Crippen LogP contribution in [0, 0.1) is 5.92 Å². The Balaban J connectivity index is 1.83. The van der Waals surface area contributed by atoms with Crippen LogP contribution in [-0.4, -0.2) is 47.9 Å². The number of nitrogens with one attached hydrogen (secondary N) is 1. The van der Waals surface area contributed by atoms with E-state index in [1.165, 1.54) is 11.0 Å². The lowest BCUT2D eigenvalue weighted by atomic mass is 9.96. The fourth-order valence-electron chi connectivity index (χ4n) is 2.93. The molecule has 1 aromatic carbocycles. The van der Waals surface area contributed by atoms with Crippen molar-refractivity contribution in [2.45, 2.75) is 45.4 Å². The van der Waals surface area contributed by atoms with E-state index in [4.69, 9.17) is 4.74 Å². The maximum atomic E-state index is 12.7. The molecule has 0 aliphatic carbocycles. The SMILES string of the molecule is CC(C)(C)OC(=O)N1CCC(C(=O)NCC(=O)c2cccc(C(F)(F)F)c2)CC1. The van der Waals surface area contributed by atoms with Gasteiger partial charge < -0.3 is 15.0 Å². The van der Waals surface area contributed by atoms with E-state index in [1.54, 1.807) is 20.8 Å². The van der Waals surface area contributed by atoms with Crippen LogP contribution in [0.3, 0.4) is 0 Å². The Labute approximate surface area is 167 Å². The number of piperidine rings is 1. The van der Waals surface area contributed by atoms with Crippen LogP contribution in [0.1, 0.15) is 49.5 Å². The van der Waals surface area contributed by atoms with Gasteiger partial charge in [0.2, 0.25) is 5.91 Å². The van der Waals surface area contributed by atoms with Gasteiger partial charge in [-0.25, -0.2) is 4.79 Å². The van der Waals surface area contributed by atoms with E-state index < -0.39 is 29.2 Å². The van der Waals surface area contributed by atoms with Gasteiger partial charge in [-0.2, -0.15) is 13.2 Å². The summed E-state index contributed by atoms with van der Waals surface area (Å²) in [6.45, 7) is 5.64. The molecule has 0 unspecified atom stereocenters. The molecule has 0 radical (unpaired) electrons. The molecule has 1 aliphatic rings. The number of hydrogen-bond donors (Lipinski definition) is 1. The Bertz CT molecular complexity index is 764. The molecule has 160 valence electrons. The lowest BCUT2D eigenvalue weighted by molar-refractivity contribution is -0.137. The Morgan fingerprint density at radius 3 is 2.31 bits per heavy atom. The minimum atomic E-state index is -4.54. The van der Waals surface area contributed by atoms with Crippen molar-refractivity contribution in [1.82, 2.24) is 10.2 Å². The monoisotopic (exact) mass is 414 g/mol. The largest absolute Gasteiger partial charge is 0.444 e. The predicted molar refractivity (Wildman–Crippen MR) is 99.3 cm³/mol. The highest BCUT2D eigenvalue weighted by Gasteiger charge is 2.32. The number of amides is 2. The lowest BCUT2D eigenvalue weighted by Gasteiger charge is -2.32. The van der Waals surface area contributed by atoms with Crippen molar-refractivity contribution in [1.29, 1.82) is 0 Å². The molecule has 0 aromatic heterocycles. The number of ketones is 1. The number of carbonyl (C=O) groups excluding carboxylic acids is 3. The number of rotatable bonds is 4. The quantitative estimate of drug-likeness (QED) is 0.763. The van der Waals surface area contributed by atoms with Gasteiger partial charge in [0, 0.05) is 24.6 Å². The summed E-state index contributed by atoms with van der Waals surface area (Å²) in [6, 6.07) is 4.09. The Kier molecular flexibility index (Phi) is 6.92. The summed E-state index contributed by atoms with van der Waals surface area (Å²) >= 11 is 0. The van der Waals surface area contributed by atoms with Crippen molar-refractivity contribution >= 4 is 17.8 Å². The van der Waals surface area contributed by atoms with Crippen molar-refractivity contribution in [3.05, 3.63) is 35.4 Å². The minimum Gasteiger partial charge on any atom is -0.444 e. The number of carbonyl (C=O) groups is 3. The Hall–Kier alpha value is -2.58. The smallest absolute Gasteiger partial charge is 0.416 e. The topological polar surface area (TPSA) is 75.7 Å². The fraction of sp³-hybridized carbons (Fsp3) is 0.550.